The van der Waals surface area contributed by atoms with Crippen molar-refractivity contribution in [3.05, 3.63) is 53.4 Å². The van der Waals surface area contributed by atoms with Gasteiger partial charge in [0.15, 0.2) is 0 Å². The van der Waals surface area contributed by atoms with Crippen LogP contribution < -0.4 is 10.4 Å². The van der Waals surface area contributed by atoms with Gasteiger partial charge in [-0.15, -0.1) is 11.3 Å². The number of carboxylic acids is 1. The highest BCUT2D eigenvalue weighted by molar-refractivity contribution is 7.15. The first-order valence-electron chi connectivity index (χ1n) is 9.03. The van der Waals surface area contributed by atoms with Gasteiger partial charge < -0.3 is 20.0 Å². The number of amides is 1. The molecule has 146 valence electrons. The van der Waals surface area contributed by atoms with Crippen molar-refractivity contribution in [3.63, 3.8) is 0 Å². The monoisotopic (exact) mass is 398 g/mol. The number of carbonyl (C=O) groups is 3. The van der Waals surface area contributed by atoms with Crippen molar-refractivity contribution in [2.24, 2.45) is 11.8 Å². The highest BCUT2D eigenvalue weighted by Gasteiger charge is 2.31. The molecule has 0 saturated heterocycles. The van der Waals surface area contributed by atoms with Crippen LogP contribution in [0.25, 0.3) is 11.1 Å². The molecule has 0 fully saturated rings. The van der Waals surface area contributed by atoms with Crippen molar-refractivity contribution in [1.82, 2.24) is 0 Å². The Morgan fingerprint density at radius 2 is 1.82 bits per heavy atom. The zero-order chi connectivity index (χ0) is 20.1. The second kappa shape index (κ2) is 8.84. The van der Waals surface area contributed by atoms with Gasteiger partial charge in [-0.25, -0.2) is 4.79 Å². The molecular formula is C21H20NO5S-. The highest BCUT2D eigenvalue weighted by Crippen LogP contribution is 2.37. The quantitative estimate of drug-likeness (QED) is 0.596. The first kappa shape index (κ1) is 19.8. The zero-order valence-corrected chi connectivity index (χ0v) is 16.2. The number of nitrogens with one attached hydrogen (secondary N) is 1. The first-order valence-corrected chi connectivity index (χ1v) is 9.91. The number of benzene rings is 1. The predicted octanol–water partition coefficient (Wildman–Crippen LogP) is 2.86. The summed E-state index contributed by atoms with van der Waals surface area (Å²) in [6, 6.07) is 9.33. The summed E-state index contributed by atoms with van der Waals surface area (Å²) in [6.07, 6.45) is 4.10. The number of ether oxygens (including phenoxy) is 1. The van der Waals surface area contributed by atoms with Gasteiger partial charge in [-0.1, -0.05) is 42.5 Å². The van der Waals surface area contributed by atoms with Gasteiger partial charge in [-0.3, -0.25) is 4.79 Å². The minimum atomic E-state index is -1.24. The van der Waals surface area contributed by atoms with Gasteiger partial charge in [0.25, 0.3) is 0 Å². The van der Waals surface area contributed by atoms with Crippen LogP contribution >= 0.6 is 11.3 Å². The molecule has 0 spiro atoms. The number of rotatable bonds is 6. The Labute approximate surface area is 166 Å². The Balaban J connectivity index is 1.92. The van der Waals surface area contributed by atoms with Crippen LogP contribution in [0.2, 0.25) is 0 Å². The number of carbonyl (C=O) groups excluding carboxylic acids is 3. The molecule has 1 aromatic heterocycles. The fourth-order valence-electron chi connectivity index (χ4n) is 3.26. The summed E-state index contributed by atoms with van der Waals surface area (Å²) in [6.45, 7) is 1.92. The number of thiophene rings is 1. The highest BCUT2D eigenvalue weighted by atomic mass is 32.1. The second-order valence-electron chi connectivity index (χ2n) is 6.40. The molecule has 1 aliphatic carbocycles. The third kappa shape index (κ3) is 4.14. The molecule has 0 radical (unpaired) electrons. The van der Waals surface area contributed by atoms with Crippen LogP contribution in [-0.2, 0) is 14.3 Å². The van der Waals surface area contributed by atoms with Gasteiger partial charge in [0.2, 0.25) is 5.91 Å². The number of esters is 1. The third-order valence-electron chi connectivity index (χ3n) is 4.66. The Bertz CT molecular complexity index is 903. The minimum Gasteiger partial charge on any atom is -0.550 e. The van der Waals surface area contributed by atoms with Gasteiger partial charge >= 0.3 is 5.97 Å². The molecule has 1 N–H and O–H groups in total. The normalized spacial score (nSPS) is 18.5. The average molecular weight is 398 g/mol. The van der Waals surface area contributed by atoms with Crippen LogP contribution in [0.3, 0.4) is 0 Å². The fourth-order valence-corrected chi connectivity index (χ4v) is 4.22. The van der Waals surface area contributed by atoms with E-state index in [-0.39, 0.29) is 18.6 Å². The van der Waals surface area contributed by atoms with Crippen molar-refractivity contribution in [2.45, 2.75) is 19.8 Å². The average Bonchev–Trinajstić information content (AvgIpc) is 3.12. The number of carboxylic acid groups (broad SMARTS) is 1. The van der Waals surface area contributed by atoms with Crippen molar-refractivity contribution in [3.8, 4) is 11.1 Å². The van der Waals surface area contributed by atoms with Gasteiger partial charge in [0, 0.05) is 22.8 Å². The number of hydrogen-bond donors (Lipinski definition) is 1. The van der Waals surface area contributed by atoms with Gasteiger partial charge in [-0.05, 0) is 25.3 Å². The van der Waals surface area contributed by atoms with Crippen LogP contribution in [0.5, 0.6) is 0 Å². The van der Waals surface area contributed by atoms with E-state index in [4.69, 9.17) is 4.74 Å². The van der Waals surface area contributed by atoms with Gasteiger partial charge in [-0.2, -0.15) is 0 Å². The summed E-state index contributed by atoms with van der Waals surface area (Å²) >= 11 is 1.21. The maximum atomic E-state index is 12.8. The molecule has 0 aliphatic heterocycles. The number of aliphatic carboxylic acids is 1. The Kier molecular flexibility index (Phi) is 6.26. The van der Waals surface area contributed by atoms with Crippen LogP contribution in [0.1, 0.15) is 30.1 Å². The van der Waals surface area contributed by atoms with E-state index in [1.807, 2.05) is 30.3 Å². The molecule has 1 aromatic carbocycles. The fraction of sp³-hybridized carbons (Fsp3) is 0.286. The maximum Gasteiger partial charge on any atom is 0.341 e. The summed E-state index contributed by atoms with van der Waals surface area (Å²) in [5, 5.41) is 16.3. The minimum absolute atomic E-state index is 0.205. The summed E-state index contributed by atoms with van der Waals surface area (Å²) < 4.78 is 5.18. The molecule has 2 atom stereocenters. The molecule has 1 amide bonds. The molecular weight excluding hydrogens is 378 g/mol. The smallest absolute Gasteiger partial charge is 0.341 e. The van der Waals surface area contributed by atoms with E-state index in [0.717, 1.165) is 5.56 Å². The van der Waals surface area contributed by atoms with E-state index in [1.165, 1.54) is 11.3 Å². The molecule has 1 heterocycles. The summed E-state index contributed by atoms with van der Waals surface area (Å²) in [4.78, 5) is 36.7. The third-order valence-corrected chi connectivity index (χ3v) is 5.56. The van der Waals surface area contributed by atoms with E-state index < -0.39 is 29.7 Å². The Morgan fingerprint density at radius 1 is 1.14 bits per heavy atom. The summed E-state index contributed by atoms with van der Waals surface area (Å²) in [7, 11) is 0. The Morgan fingerprint density at radius 3 is 2.46 bits per heavy atom. The van der Waals surface area contributed by atoms with Crippen LogP contribution in [0.15, 0.2) is 47.9 Å². The van der Waals surface area contributed by atoms with Gasteiger partial charge in [0.1, 0.15) is 10.6 Å². The lowest BCUT2D eigenvalue weighted by Crippen LogP contribution is -2.41. The topological polar surface area (TPSA) is 95.5 Å². The molecule has 2 aromatic rings. The van der Waals surface area contributed by atoms with Crippen molar-refractivity contribution >= 4 is 34.2 Å². The van der Waals surface area contributed by atoms with E-state index in [2.05, 4.69) is 5.32 Å². The molecule has 0 saturated carbocycles. The van der Waals surface area contributed by atoms with E-state index in [1.54, 1.807) is 24.5 Å². The number of hydrogen-bond acceptors (Lipinski definition) is 6. The molecule has 7 heteroatoms. The number of allylic oxidation sites excluding steroid dienone is 2. The lowest BCUT2D eigenvalue weighted by Gasteiger charge is -2.28. The van der Waals surface area contributed by atoms with E-state index in [0.29, 0.717) is 17.0 Å². The summed E-state index contributed by atoms with van der Waals surface area (Å²) in [5.74, 6) is -3.84. The van der Waals surface area contributed by atoms with Gasteiger partial charge in [0.05, 0.1) is 12.5 Å². The second-order valence-corrected chi connectivity index (χ2v) is 7.28. The molecule has 1 aliphatic rings. The molecule has 0 bridgehead atoms. The van der Waals surface area contributed by atoms with Crippen molar-refractivity contribution in [1.29, 1.82) is 0 Å². The molecule has 3 rings (SSSR count). The van der Waals surface area contributed by atoms with Crippen molar-refractivity contribution in [2.75, 3.05) is 11.9 Å². The summed E-state index contributed by atoms with van der Waals surface area (Å²) in [5.41, 5.74) is 1.78. The Hall–Kier alpha value is -2.93. The van der Waals surface area contributed by atoms with E-state index >= 15 is 0 Å². The largest absolute Gasteiger partial charge is 0.550 e. The SMILES string of the molecule is CCOC(=O)c1c(-c2ccccc2)csc1NC(=O)[C@@H]1CC=CC[C@H]1C(=O)[O-]. The lowest BCUT2D eigenvalue weighted by molar-refractivity contribution is -0.313. The van der Waals surface area contributed by atoms with Crippen molar-refractivity contribution < 1.29 is 24.2 Å². The molecule has 6 nitrogen and oxygen atoms in total. The molecule has 28 heavy (non-hydrogen) atoms. The standard InChI is InChI=1S/C21H21NO5S/c1-2-27-21(26)17-16(13-8-4-3-5-9-13)12-28-19(17)22-18(23)14-10-6-7-11-15(14)20(24)25/h3-9,12,14-15H,2,10-11H2,1H3,(H,22,23)(H,24,25)/p-1/t14-,15-/m1/s1. The van der Waals surface area contributed by atoms with Crippen LogP contribution in [-0.4, -0.2) is 24.5 Å². The number of anilines is 1. The predicted molar refractivity (Wildman–Crippen MR) is 105 cm³/mol. The zero-order valence-electron chi connectivity index (χ0n) is 15.3. The van der Waals surface area contributed by atoms with Crippen LogP contribution in [0.4, 0.5) is 5.00 Å². The van der Waals surface area contributed by atoms with E-state index in [9.17, 15) is 19.5 Å². The lowest BCUT2D eigenvalue weighted by atomic mass is 9.82. The first-order chi connectivity index (χ1) is 13.5. The maximum absolute atomic E-state index is 12.8. The molecule has 0 unspecified atom stereocenters. The van der Waals surface area contributed by atoms with Crippen LogP contribution in [0, 0.1) is 11.8 Å².